The summed E-state index contributed by atoms with van der Waals surface area (Å²) in [6.07, 6.45) is 1.48. The Bertz CT molecular complexity index is 1590. The highest BCUT2D eigenvalue weighted by atomic mass is 79.9. The maximum absolute atomic E-state index is 12.0. The minimum Gasteiger partial charge on any atom is -0.465 e. The van der Waals surface area contributed by atoms with Crippen molar-refractivity contribution in [2.75, 3.05) is 119 Å². The maximum atomic E-state index is 12.0. The van der Waals surface area contributed by atoms with Gasteiger partial charge in [-0.05, 0) is 66.9 Å². The van der Waals surface area contributed by atoms with Gasteiger partial charge in [0.25, 0.3) is 0 Å². The highest BCUT2D eigenvalue weighted by molar-refractivity contribution is 9.09. The second-order valence-electron chi connectivity index (χ2n) is 16.8. The first-order chi connectivity index (χ1) is 33.2. The second kappa shape index (κ2) is 43.5. The van der Waals surface area contributed by atoms with Crippen LogP contribution in [0.25, 0.3) is 0 Å². The molecule has 0 spiro atoms. The predicted octanol–water partition coefficient (Wildman–Crippen LogP) is 6.45. The van der Waals surface area contributed by atoms with Crippen LogP contribution < -0.4 is 0 Å². The lowest BCUT2D eigenvalue weighted by Gasteiger charge is -2.25. The Morgan fingerprint density at radius 2 is 0.690 bits per heavy atom. The van der Waals surface area contributed by atoms with Crippen LogP contribution in [0.15, 0.2) is 30.3 Å². The minimum absolute atomic E-state index is 0.0327. The fourth-order valence-electron chi connectivity index (χ4n) is 5.00. The number of hydrogen-bond acceptors (Lipinski definition) is 20. The van der Waals surface area contributed by atoms with Crippen LogP contribution in [-0.4, -0.2) is 166 Å². The molecule has 71 heavy (non-hydrogen) atoms. The van der Waals surface area contributed by atoms with Crippen molar-refractivity contribution in [3.63, 3.8) is 0 Å². The smallest absolute Gasteiger partial charge is 0.317 e. The molecule has 0 aliphatic rings. The molecule has 0 saturated heterocycles. The molecule has 0 N–H and O–H groups in total. The summed E-state index contributed by atoms with van der Waals surface area (Å²) in [6, 6.07) is 9.57. The number of rotatable bonds is 29. The summed E-state index contributed by atoms with van der Waals surface area (Å²) in [7, 11) is 7.55. The van der Waals surface area contributed by atoms with Crippen molar-refractivity contribution in [3.8, 4) is 0 Å². The van der Waals surface area contributed by atoms with Crippen LogP contribution in [0.1, 0.15) is 87.6 Å². The summed E-state index contributed by atoms with van der Waals surface area (Å²) in [5, 5.41) is 1.54. The first kappa shape index (κ1) is 73.5. The summed E-state index contributed by atoms with van der Waals surface area (Å²) in [5.41, 5.74) is -2.64. The molecule has 0 fully saturated rings. The van der Waals surface area contributed by atoms with Crippen LogP contribution >= 0.6 is 31.9 Å². The van der Waals surface area contributed by atoms with E-state index in [1.165, 1.54) is 55.9 Å². The Hall–Kier alpha value is -4.06. The molecule has 0 saturated carbocycles. The number of carbonyl (C=O) groups is 8. The van der Waals surface area contributed by atoms with Gasteiger partial charge in [-0.3, -0.25) is 33.6 Å². The molecule has 20 nitrogen and oxygen atoms in total. The lowest BCUT2D eigenvalue weighted by molar-refractivity contribution is -0.167. The van der Waals surface area contributed by atoms with Crippen LogP contribution in [0, 0.1) is 21.7 Å². The van der Waals surface area contributed by atoms with E-state index in [2.05, 4.69) is 31.9 Å². The molecule has 0 aromatic heterocycles. The van der Waals surface area contributed by atoms with E-state index in [1.807, 2.05) is 30.3 Å². The van der Waals surface area contributed by atoms with E-state index in [0.29, 0.717) is 13.2 Å². The molecule has 0 amide bonds. The van der Waals surface area contributed by atoms with Crippen molar-refractivity contribution in [1.82, 2.24) is 0 Å². The lowest BCUT2D eigenvalue weighted by Crippen LogP contribution is -2.39. The Morgan fingerprint density at radius 3 is 0.944 bits per heavy atom. The van der Waals surface area contributed by atoms with Gasteiger partial charge in [0.1, 0.15) is 53.9 Å². The monoisotopic (exact) mass is 1150 g/mol. The summed E-state index contributed by atoms with van der Waals surface area (Å²) in [5.74, 6) is -2.69. The van der Waals surface area contributed by atoms with Gasteiger partial charge < -0.3 is 61.6 Å². The van der Waals surface area contributed by atoms with Crippen LogP contribution in [0.5, 0.6) is 0 Å². The fraction of sp³-hybridized carbons (Fsp3) is 0.714. The Labute approximate surface area is 438 Å². The Kier molecular flexibility index (Phi) is 45.0. The van der Waals surface area contributed by atoms with Gasteiger partial charge in [-0.1, -0.05) is 62.2 Å². The number of halogens is 2. The van der Waals surface area contributed by atoms with E-state index in [-0.39, 0.29) is 77.8 Å². The number of hydrogen-bond donors (Lipinski definition) is 0. The van der Waals surface area contributed by atoms with Gasteiger partial charge in [-0.25, -0.2) is 0 Å². The molecule has 0 bridgehead atoms. The molecule has 1 rings (SSSR count). The average molecular weight is 1150 g/mol. The second-order valence-corrected chi connectivity index (χ2v) is 18.4. The molecule has 0 aliphatic heterocycles. The number of carbonyl (C=O) groups excluding carboxylic acids is 8. The van der Waals surface area contributed by atoms with Crippen molar-refractivity contribution in [3.05, 3.63) is 35.9 Å². The zero-order valence-corrected chi connectivity index (χ0v) is 47.8. The van der Waals surface area contributed by atoms with Crippen molar-refractivity contribution in [2.45, 2.75) is 88.7 Å². The van der Waals surface area contributed by atoms with Crippen molar-refractivity contribution in [2.24, 2.45) is 21.7 Å². The molecule has 3 atom stereocenters. The Morgan fingerprint density at radius 1 is 0.423 bits per heavy atom. The number of Topliss-reactive ketones (excluding diaryl/α,β-unsaturated/α-hetero) is 1. The van der Waals surface area contributed by atoms with Gasteiger partial charge in [-0.2, -0.15) is 0 Å². The topological polar surface area (TPSA) is 247 Å². The molecular weight excluding hydrogens is 1070 g/mol. The quantitative estimate of drug-likeness (QED) is 0.0362. The van der Waals surface area contributed by atoms with Gasteiger partial charge >= 0.3 is 41.8 Å². The molecule has 3 unspecified atom stereocenters. The van der Waals surface area contributed by atoms with Gasteiger partial charge in [0, 0.05) is 67.0 Å². The van der Waals surface area contributed by atoms with Crippen LogP contribution in [0.4, 0.5) is 0 Å². The standard InChI is InChI=1S/C14H20O4.2C11H19BrO5.C10H18O5.C3H6O/c1-14(10-16-2,11-17-3)13(15)18-9-12-7-5-4-6-8-12;2*1-9(13)17-8-11(2,7-15-3)10(14)16-6-4-5-12;1-5-14-9(12)10(3,6-13-4)7-15-8(2)11;1-3(2)4/h4-8H,9-11H2,1-3H3;2*4-8H2,1-3H3;5-7H2,1-4H3;1-2H3. The third-order valence-corrected chi connectivity index (χ3v) is 9.70. The van der Waals surface area contributed by atoms with Crippen molar-refractivity contribution < 1.29 is 95.2 Å². The molecule has 1 aromatic rings. The summed E-state index contributed by atoms with van der Waals surface area (Å²) < 4.78 is 59.8. The van der Waals surface area contributed by atoms with E-state index >= 15 is 0 Å². The zero-order valence-electron chi connectivity index (χ0n) is 44.6. The van der Waals surface area contributed by atoms with E-state index in [0.717, 1.165) is 29.1 Å². The van der Waals surface area contributed by atoms with E-state index in [9.17, 15) is 38.4 Å². The van der Waals surface area contributed by atoms with Crippen molar-refractivity contribution in [1.29, 1.82) is 0 Å². The van der Waals surface area contributed by atoms with Crippen LogP contribution in [0.3, 0.4) is 0 Å². The fourth-order valence-corrected chi connectivity index (χ4v) is 5.46. The van der Waals surface area contributed by atoms with Gasteiger partial charge in [0.2, 0.25) is 0 Å². The number of benzene rings is 1. The van der Waals surface area contributed by atoms with Crippen LogP contribution in [-0.2, 0) is 102 Å². The molecule has 1 aromatic carbocycles. The van der Waals surface area contributed by atoms with Crippen molar-refractivity contribution >= 4 is 79.4 Å². The summed E-state index contributed by atoms with van der Waals surface area (Å²) >= 11 is 6.49. The number of esters is 7. The van der Waals surface area contributed by atoms with Gasteiger partial charge in [0.05, 0.1) is 52.9 Å². The maximum Gasteiger partial charge on any atom is 0.317 e. The predicted molar refractivity (Wildman–Crippen MR) is 270 cm³/mol. The van der Waals surface area contributed by atoms with E-state index in [1.54, 1.807) is 48.8 Å². The first-order valence-corrected chi connectivity index (χ1v) is 24.6. The molecule has 0 heterocycles. The van der Waals surface area contributed by atoms with Gasteiger partial charge in [0.15, 0.2) is 0 Å². The summed E-state index contributed by atoms with van der Waals surface area (Å²) in [4.78, 5) is 88.9. The Balaban J connectivity index is -0.000000411. The number of ether oxygens (including phenoxy) is 12. The van der Waals surface area contributed by atoms with Crippen LogP contribution in [0.2, 0.25) is 0 Å². The normalized spacial score (nSPS) is 12.9. The minimum atomic E-state index is -0.952. The zero-order chi connectivity index (χ0) is 55.5. The third kappa shape index (κ3) is 38.3. The third-order valence-electron chi connectivity index (χ3n) is 8.58. The number of methoxy groups -OCH3 is 5. The number of ketones is 1. The first-order valence-electron chi connectivity index (χ1n) is 22.4. The molecule has 22 heteroatoms. The van der Waals surface area contributed by atoms with Gasteiger partial charge in [-0.15, -0.1) is 0 Å². The van der Waals surface area contributed by atoms with E-state index in [4.69, 9.17) is 56.8 Å². The molecule has 0 radical (unpaired) electrons. The number of alkyl halides is 2. The largest absolute Gasteiger partial charge is 0.465 e. The summed E-state index contributed by atoms with van der Waals surface area (Å²) in [6.45, 7) is 17.5. The highest BCUT2D eigenvalue weighted by Gasteiger charge is 2.39. The molecule has 412 valence electrons. The lowest BCUT2D eigenvalue weighted by atomic mass is 9.93. The molecular formula is C49H82Br2O20. The average Bonchev–Trinajstić information content (AvgIpc) is 3.30. The van der Waals surface area contributed by atoms with E-state index < -0.39 is 57.5 Å². The highest BCUT2D eigenvalue weighted by Crippen LogP contribution is 2.23. The SMILES string of the molecule is CC(C)=O.CCOC(=O)C(C)(COC)COC(C)=O.COCC(C)(COC(C)=O)C(=O)OCCCBr.COCC(C)(COC(C)=O)C(=O)OCCCBr.COCC(C)(COC)C(=O)OCc1ccccc1. The molecule has 0 aliphatic carbocycles.